The van der Waals surface area contributed by atoms with Gasteiger partial charge < -0.3 is 13.9 Å². The summed E-state index contributed by atoms with van der Waals surface area (Å²) in [7, 11) is 1.44. The van der Waals surface area contributed by atoms with Crippen LogP contribution in [0, 0.1) is 5.82 Å². The molecule has 6 nitrogen and oxygen atoms in total. The second-order valence-electron chi connectivity index (χ2n) is 5.34. The van der Waals surface area contributed by atoms with Crippen molar-refractivity contribution < 1.29 is 23.1 Å². The Morgan fingerprint density at radius 1 is 1.19 bits per heavy atom. The molecule has 0 saturated carbocycles. The second kappa shape index (κ2) is 7.53. The second-order valence-corrected chi connectivity index (χ2v) is 5.78. The molecular weight excluding hydrogens is 363 g/mol. The van der Waals surface area contributed by atoms with Gasteiger partial charge in [-0.25, -0.2) is 9.18 Å². The minimum Gasteiger partial charge on any atom is -0.496 e. The first-order valence-corrected chi connectivity index (χ1v) is 7.99. The Bertz CT molecular complexity index is 927. The number of carbonyl (C=O) groups excluding carboxylic acids is 1. The molecule has 0 fully saturated rings. The monoisotopic (exact) mass is 376 g/mol. The van der Waals surface area contributed by atoms with E-state index in [2.05, 4.69) is 10.2 Å². The molecule has 3 aromatic rings. The van der Waals surface area contributed by atoms with Crippen LogP contribution in [0.4, 0.5) is 4.39 Å². The average Bonchev–Trinajstić information content (AvgIpc) is 3.12. The topological polar surface area (TPSA) is 74.5 Å². The van der Waals surface area contributed by atoms with Gasteiger partial charge in [-0.2, -0.15) is 0 Å². The normalized spacial score (nSPS) is 11.8. The standard InChI is InChI=1S/C18H14ClFN2O4/c1-10(25-18(23)14-9-12(19)5-8-15(14)24-2)16-21-22-17(26-16)11-3-6-13(20)7-4-11/h3-10H,1-2H3/t10-/m1/s1. The molecule has 0 aliphatic carbocycles. The Morgan fingerprint density at radius 3 is 2.62 bits per heavy atom. The quantitative estimate of drug-likeness (QED) is 0.612. The van der Waals surface area contributed by atoms with Gasteiger partial charge in [-0.3, -0.25) is 0 Å². The summed E-state index contributed by atoms with van der Waals surface area (Å²) in [4.78, 5) is 12.4. The number of halogens is 2. The van der Waals surface area contributed by atoms with Crippen LogP contribution in [-0.2, 0) is 4.74 Å². The first kappa shape index (κ1) is 17.9. The Balaban J connectivity index is 1.76. The summed E-state index contributed by atoms with van der Waals surface area (Å²) in [6.07, 6.45) is -0.798. The van der Waals surface area contributed by atoms with Gasteiger partial charge in [-0.1, -0.05) is 11.6 Å². The number of nitrogens with zero attached hydrogens (tertiary/aromatic N) is 2. The van der Waals surface area contributed by atoms with Gasteiger partial charge in [0.1, 0.15) is 17.1 Å². The van der Waals surface area contributed by atoms with Crippen LogP contribution in [0.3, 0.4) is 0 Å². The fourth-order valence-electron chi connectivity index (χ4n) is 2.22. The van der Waals surface area contributed by atoms with Crippen molar-refractivity contribution in [2.75, 3.05) is 7.11 Å². The van der Waals surface area contributed by atoms with Crippen LogP contribution in [-0.4, -0.2) is 23.3 Å². The summed E-state index contributed by atoms with van der Waals surface area (Å²) in [5.41, 5.74) is 0.741. The number of benzene rings is 2. The van der Waals surface area contributed by atoms with Crippen LogP contribution < -0.4 is 4.74 Å². The fraction of sp³-hybridized carbons (Fsp3) is 0.167. The zero-order chi connectivity index (χ0) is 18.7. The third-order valence-corrected chi connectivity index (χ3v) is 3.78. The molecule has 8 heteroatoms. The lowest BCUT2D eigenvalue weighted by molar-refractivity contribution is 0.0276. The molecule has 0 amide bonds. The Morgan fingerprint density at radius 2 is 1.92 bits per heavy atom. The summed E-state index contributed by atoms with van der Waals surface area (Å²) in [5, 5.41) is 8.14. The van der Waals surface area contributed by atoms with Gasteiger partial charge in [0.15, 0.2) is 6.10 Å². The molecule has 0 aliphatic heterocycles. The molecule has 0 saturated heterocycles. The van der Waals surface area contributed by atoms with Crippen molar-refractivity contribution in [3.63, 3.8) is 0 Å². The van der Waals surface area contributed by atoms with E-state index in [1.807, 2.05) is 0 Å². The number of ether oxygens (including phenoxy) is 2. The third-order valence-electron chi connectivity index (χ3n) is 3.54. The molecular formula is C18H14ClFN2O4. The van der Waals surface area contributed by atoms with E-state index in [0.29, 0.717) is 16.3 Å². The van der Waals surface area contributed by atoms with E-state index in [1.165, 1.54) is 37.4 Å². The van der Waals surface area contributed by atoms with Gasteiger partial charge in [0, 0.05) is 10.6 Å². The zero-order valence-corrected chi connectivity index (χ0v) is 14.7. The van der Waals surface area contributed by atoms with Crippen LogP contribution >= 0.6 is 11.6 Å². The first-order chi connectivity index (χ1) is 12.5. The minimum atomic E-state index is -0.798. The SMILES string of the molecule is COc1ccc(Cl)cc1C(=O)O[C@H](C)c1nnc(-c2ccc(F)cc2)o1. The van der Waals surface area contributed by atoms with Crippen molar-refractivity contribution in [3.8, 4) is 17.2 Å². The maximum Gasteiger partial charge on any atom is 0.342 e. The smallest absolute Gasteiger partial charge is 0.342 e. The number of carbonyl (C=O) groups is 1. The molecule has 134 valence electrons. The molecule has 0 unspecified atom stereocenters. The van der Waals surface area contributed by atoms with Gasteiger partial charge >= 0.3 is 5.97 Å². The van der Waals surface area contributed by atoms with Crippen LogP contribution in [0.1, 0.15) is 29.3 Å². The predicted octanol–water partition coefficient (Wildman–Crippen LogP) is 4.46. The Hall–Kier alpha value is -2.93. The van der Waals surface area contributed by atoms with Gasteiger partial charge in [-0.05, 0) is 49.4 Å². The van der Waals surface area contributed by atoms with Crippen molar-refractivity contribution in [2.24, 2.45) is 0 Å². The molecule has 0 aliphatic rings. The number of hydrogen-bond acceptors (Lipinski definition) is 6. The lowest BCUT2D eigenvalue weighted by atomic mass is 10.2. The van der Waals surface area contributed by atoms with Crippen LogP contribution in [0.15, 0.2) is 46.9 Å². The zero-order valence-electron chi connectivity index (χ0n) is 13.9. The van der Waals surface area contributed by atoms with Gasteiger partial charge in [-0.15, -0.1) is 10.2 Å². The van der Waals surface area contributed by atoms with E-state index in [1.54, 1.807) is 19.1 Å². The highest BCUT2D eigenvalue weighted by atomic mass is 35.5. The number of hydrogen-bond donors (Lipinski definition) is 0. The largest absolute Gasteiger partial charge is 0.496 e. The summed E-state index contributed by atoms with van der Waals surface area (Å²) in [6.45, 7) is 1.59. The first-order valence-electron chi connectivity index (χ1n) is 7.62. The van der Waals surface area contributed by atoms with E-state index in [0.717, 1.165) is 0 Å². The molecule has 0 bridgehead atoms. The highest BCUT2D eigenvalue weighted by Crippen LogP contribution is 2.27. The van der Waals surface area contributed by atoms with E-state index >= 15 is 0 Å². The Labute approximate surface area is 153 Å². The van der Waals surface area contributed by atoms with Crippen molar-refractivity contribution in [3.05, 3.63) is 64.8 Å². The number of esters is 1. The third kappa shape index (κ3) is 3.83. The molecule has 2 aromatic carbocycles. The molecule has 0 N–H and O–H groups in total. The summed E-state index contributed by atoms with van der Waals surface area (Å²) in [5.74, 6) is -0.365. The molecule has 0 spiro atoms. The van der Waals surface area contributed by atoms with Crippen molar-refractivity contribution in [1.82, 2.24) is 10.2 Å². The lowest BCUT2D eigenvalue weighted by Crippen LogP contribution is -2.11. The summed E-state index contributed by atoms with van der Waals surface area (Å²) >= 11 is 5.92. The summed E-state index contributed by atoms with van der Waals surface area (Å²) in [6, 6.07) is 10.2. The molecule has 1 atom stereocenters. The predicted molar refractivity (Wildman–Crippen MR) is 91.5 cm³/mol. The van der Waals surface area contributed by atoms with Crippen molar-refractivity contribution in [2.45, 2.75) is 13.0 Å². The highest BCUT2D eigenvalue weighted by Gasteiger charge is 2.22. The number of methoxy groups -OCH3 is 1. The fourth-order valence-corrected chi connectivity index (χ4v) is 2.39. The molecule has 0 radical (unpaired) electrons. The van der Waals surface area contributed by atoms with Crippen LogP contribution in [0.5, 0.6) is 5.75 Å². The van der Waals surface area contributed by atoms with Gasteiger partial charge in [0.05, 0.1) is 7.11 Å². The van der Waals surface area contributed by atoms with E-state index in [4.69, 9.17) is 25.5 Å². The molecule has 1 aromatic heterocycles. The molecule has 26 heavy (non-hydrogen) atoms. The highest BCUT2D eigenvalue weighted by molar-refractivity contribution is 6.31. The molecule has 1 heterocycles. The maximum atomic E-state index is 13.0. The van der Waals surface area contributed by atoms with E-state index in [9.17, 15) is 9.18 Å². The minimum absolute atomic E-state index is 0.110. The van der Waals surface area contributed by atoms with Gasteiger partial charge in [0.2, 0.25) is 5.89 Å². The van der Waals surface area contributed by atoms with Crippen molar-refractivity contribution >= 4 is 17.6 Å². The average molecular weight is 377 g/mol. The van der Waals surface area contributed by atoms with Crippen molar-refractivity contribution in [1.29, 1.82) is 0 Å². The summed E-state index contributed by atoms with van der Waals surface area (Å²) < 4.78 is 29.0. The van der Waals surface area contributed by atoms with Crippen LogP contribution in [0.25, 0.3) is 11.5 Å². The van der Waals surface area contributed by atoms with Crippen LogP contribution in [0.2, 0.25) is 5.02 Å². The molecule has 3 rings (SSSR count). The number of rotatable bonds is 5. The lowest BCUT2D eigenvalue weighted by Gasteiger charge is -2.12. The van der Waals surface area contributed by atoms with Gasteiger partial charge in [0.25, 0.3) is 5.89 Å². The van der Waals surface area contributed by atoms with E-state index in [-0.39, 0.29) is 23.2 Å². The number of aromatic nitrogens is 2. The maximum absolute atomic E-state index is 13.0. The Kier molecular flexibility index (Phi) is 5.18. The van der Waals surface area contributed by atoms with E-state index < -0.39 is 12.1 Å².